The van der Waals surface area contributed by atoms with Crippen molar-refractivity contribution in [3.05, 3.63) is 34.3 Å². The van der Waals surface area contributed by atoms with E-state index in [9.17, 15) is 13.2 Å². The van der Waals surface area contributed by atoms with Gasteiger partial charge in [0.2, 0.25) is 0 Å². The van der Waals surface area contributed by atoms with Crippen LogP contribution in [0.1, 0.15) is 18.1 Å². The molecule has 0 bridgehead atoms. The van der Waals surface area contributed by atoms with E-state index in [1.165, 1.54) is 6.07 Å². The minimum Gasteiger partial charge on any atom is -0.314 e. The van der Waals surface area contributed by atoms with E-state index >= 15 is 0 Å². The van der Waals surface area contributed by atoms with Gasteiger partial charge in [0.05, 0.1) is 10.6 Å². The van der Waals surface area contributed by atoms with Gasteiger partial charge in [-0.2, -0.15) is 13.2 Å². The Morgan fingerprint density at radius 2 is 2.16 bits per heavy atom. The van der Waals surface area contributed by atoms with Crippen molar-refractivity contribution in [3.63, 3.8) is 0 Å². The fraction of sp³-hybridized carbons (Fsp3) is 0.538. The number of hydrogen-bond acceptors (Lipinski definition) is 2. The Morgan fingerprint density at radius 1 is 1.42 bits per heavy atom. The van der Waals surface area contributed by atoms with Gasteiger partial charge in [0.15, 0.2) is 0 Å². The van der Waals surface area contributed by atoms with E-state index in [0.717, 1.165) is 25.7 Å². The summed E-state index contributed by atoms with van der Waals surface area (Å²) < 4.78 is 38.3. The van der Waals surface area contributed by atoms with Gasteiger partial charge in [-0.15, -0.1) is 0 Å². The van der Waals surface area contributed by atoms with Crippen molar-refractivity contribution < 1.29 is 13.2 Å². The molecule has 1 fully saturated rings. The molecule has 1 saturated heterocycles. The third-order valence-electron chi connectivity index (χ3n) is 3.40. The lowest BCUT2D eigenvalue weighted by Crippen LogP contribution is -2.49. The third-order valence-corrected chi connectivity index (χ3v) is 3.84. The highest BCUT2D eigenvalue weighted by atomic mass is 35.5. The second-order valence-electron chi connectivity index (χ2n) is 4.80. The first-order valence-electron chi connectivity index (χ1n) is 6.19. The Kier molecular flexibility index (Phi) is 4.38. The highest BCUT2D eigenvalue weighted by Gasteiger charge is 2.34. The second-order valence-corrected chi connectivity index (χ2v) is 5.18. The molecule has 1 unspecified atom stereocenters. The molecule has 1 heterocycles. The molecule has 0 amide bonds. The van der Waals surface area contributed by atoms with Crippen molar-refractivity contribution in [1.29, 1.82) is 0 Å². The maximum absolute atomic E-state index is 12.8. The van der Waals surface area contributed by atoms with E-state index < -0.39 is 11.7 Å². The average molecular weight is 293 g/mol. The Balaban J connectivity index is 2.21. The lowest BCUT2D eigenvalue weighted by Gasteiger charge is -2.34. The monoisotopic (exact) mass is 292 g/mol. The highest BCUT2D eigenvalue weighted by Crippen LogP contribution is 2.36. The van der Waals surface area contributed by atoms with Crippen LogP contribution in [0.5, 0.6) is 0 Å². The van der Waals surface area contributed by atoms with Crippen LogP contribution in [0.25, 0.3) is 0 Å². The van der Waals surface area contributed by atoms with Gasteiger partial charge in [-0.25, -0.2) is 0 Å². The molecule has 2 nitrogen and oxygen atoms in total. The predicted octanol–water partition coefficient (Wildman–Crippen LogP) is 3.15. The van der Waals surface area contributed by atoms with Gasteiger partial charge in [0.1, 0.15) is 0 Å². The highest BCUT2D eigenvalue weighted by molar-refractivity contribution is 6.32. The molecule has 6 heteroatoms. The molecule has 0 aliphatic carbocycles. The third kappa shape index (κ3) is 3.41. The van der Waals surface area contributed by atoms with Crippen molar-refractivity contribution in [2.24, 2.45) is 0 Å². The van der Waals surface area contributed by atoms with Crippen LogP contribution in [0.15, 0.2) is 18.2 Å². The Labute approximate surface area is 115 Å². The second kappa shape index (κ2) is 5.69. The molecule has 1 aromatic rings. The summed E-state index contributed by atoms with van der Waals surface area (Å²) in [6.07, 6.45) is -4.40. The summed E-state index contributed by atoms with van der Waals surface area (Å²) in [6, 6.07) is 4.38. The van der Waals surface area contributed by atoms with Crippen molar-refractivity contribution in [3.8, 4) is 0 Å². The molecule has 1 atom stereocenters. The molecule has 0 radical (unpaired) electrons. The lowest BCUT2D eigenvalue weighted by atomic mass is 10.1. The number of benzene rings is 1. The summed E-state index contributed by atoms with van der Waals surface area (Å²) in [5, 5.41) is 3.07. The fourth-order valence-electron chi connectivity index (χ4n) is 2.26. The van der Waals surface area contributed by atoms with Gasteiger partial charge in [0, 0.05) is 32.2 Å². The largest absolute Gasteiger partial charge is 0.417 e. The maximum atomic E-state index is 12.8. The van der Waals surface area contributed by atoms with Crippen LogP contribution in [0.4, 0.5) is 13.2 Å². The molecule has 0 saturated carbocycles. The van der Waals surface area contributed by atoms with Crippen LogP contribution in [0.3, 0.4) is 0 Å². The number of hydrogen-bond donors (Lipinski definition) is 1. The van der Waals surface area contributed by atoms with Crippen LogP contribution < -0.4 is 5.32 Å². The molecule has 1 aliphatic heterocycles. The molecular weight excluding hydrogens is 277 g/mol. The molecule has 0 aromatic heterocycles. The number of nitrogens with one attached hydrogen (secondary N) is 1. The summed E-state index contributed by atoms with van der Waals surface area (Å²) in [4.78, 5) is 2.14. The molecule has 19 heavy (non-hydrogen) atoms. The summed E-state index contributed by atoms with van der Waals surface area (Å²) in [7, 11) is 0. The van der Waals surface area contributed by atoms with Gasteiger partial charge in [-0.1, -0.05) is 23.7 Å². The summed E-state index contributed by atoms with van der Waals surface area (Å²) >= 11 is 5.90. The maximum Gasteiger partial charge on any atom is 0.417 e. The minimum absolute atomic E-state index is 0.180. The van der Waals surface area contributed by atoms with Crippen LogP contribution in [0.2, 0.25) is 5.02 Å². The Hall–Kier alpha value is -0.780. The molecule has 2 rings (SSSR count). The zero-order chi connectivity index (χ0) is 14.0. The minimum atomic E-state index is -4.40. The van der Waals surface area contributed by atoms with E-state index in [1.807, 2.05) is 6.92 Å². The first-order chi connectivity index (χ1) is 8.89. The normalized spacial score (nSPS) is 21.6. The van der Waals surface area contributed by atoms with Crippen LogP contribution in [0, 0.1) is 0 Å². The van der Waals surface area contributed by atoms with Gasteiger partial charge >= 0.3 is 6.18 Å². The number of halogens is 4. The quantitative estimate of drug-likeness (QED) is 0.901. The van der Waals surface area contributed by atoms with Crippen LogP contribution in [-0.2, 0) is 12.7 Å². The van der Waals surface area contributed by atoms with Gasteiger partial charge in [-0.05, 0) is 18.6 Å². The van der Waals surface area contributed by atoms with E-state index in [1.54, 1.807) is 6.07 Å². The molecule has 1 aliphatic rings. The molecule has 1 N–H and O–H groups in total. The van der Waals surface area contributed by atoms with Gasteiger partial charge < -0.3 is 5.32 Å². The topological polar surface area (TPSA) is 15.3 Å². The van der Waals surface area contributed by atoms with E-state index in [4.69, 9.17) is 11.6 Å². The van der Waals surface area contributed by atoms with Crippen molar-refractivity contribution in [2.45, 2.75) is 25.7 Å². The van der Waals surface area contributed by atoms with E-state index in [-0.39, 0.29) is 5.02 Å². The number of alkyl halides is 3. The van der Waals surface area contributed by atoms with Gasteiger partial charge in [0.25, 0.3) is 0 Å². The number of nitrogens with zero attached hydrogens (tertiary/aromatic N) is 1. The first-order valence-corrected chi connectivity index (χ1v) is 6.56. The molecule has 1 aromatic carbocycles. The number of piperazine rings is 1. The molecule has 0 spiro atoms. The fourth-order valence-corrected chi connectivity index (χ4v) is 2.55. The Bertz CT molecular complexity index is 448. The molecule has 106 valence electrons. The van der Waals surface area contributed by atoms with Crippen LogP contribution >= 0.6 is 11.6 Å². The zero-order valence-corrected chi connectivity index (χ0v) is 11.4. The summed E-state index contributed by atoms with van der Waals surface area (Å²) in [5.41, 5.74) is -0.223. The SMILES string of the molecule is CC1CNCCN1Cc1cccc(C(F)(F)F)c1Cl. The van der Waals surface area contributed by atoms with Crippen molar-refractivity contribution >= 4 is 11.6 Å². The van der Waals surface area contributed by atoms with Gasteiger partial charge in [-0.3, -0.25) is 4.90 Å². The summed E-state index contributed by atoms with van der Waals surface area (Å²) in [5.74, 6) is 0. The predicted molar refractivity (Wildman–Crippen MR) is 69.2 cm³/mol. The molecular formula is C13H16ClF3N2. The zero-order valence-electron chi connectivity index (χ0n) is 10.6. The Morgan fingerprint density at radius 3 is 2.79 bits per heavy atom. The number of rotatable bonds is 2. The van der Waals surface area contributed by atoms with E-state index in [2.05, 4.69) is 10.2 Å². The lowest BCUT2D eigenvalue weighted by molar-refractivity contribution is -0.137. The average Bonchev–Trinajstić information content (AvgIpc) is 2.33. The van der Waals surface area contributed by atoms with E-state index in [0.29, 0.717) is 18.2 Å². The smallest absolute Gasteiger partial charge is 0.314 e. The summed E-state index contributed by atoms with van der Waals surface area (Å²) in [6.45, 7) is 5.00. The standard InChI is InChI=1S/C13H16ClF3N2/c1-9-7-18-5-6-19(9)8-10-3-2-4-11(12(10)14)13(15,16)17/h2-4,9,18H,5-8H2,1H3. The first kappa shape index (κ1) is 14.6. The van der Waals surface area contributed by atoms with Crippen LogP contribution in [-0.4, -0.2) is 30.6 Å². The van der Waals surface area contributed by atoms with Crippen molar-refractivity contribution in [2.75, 3.05) is 19.6 Å². The van der Waals surface area contributed by atoms with Crippen molar-refractivity contribution in [1.82, 2.24) is 10.2 Å².